The number of Topliss-reactive ketones (excluding diaryl/α,β-unsaturated/α-hetero) is 1. The molecule has 2 aliphatic rings. The second kappa shape index (κ2) is 9.35. The summed E-state index contributed by atoms with van der Waals surface area (Å²) in [4.78, 5) is 53.5. The van der Waals surface area contributed by atoms with Crippen LogP contribution in [0.3, 0.4) is 0 Å². The third-order valence-corrected chi connectivity index (χ3v) is 6.71. The van der Waals surface area contributed by atoms with Gasteiger partial charge in [-0.3, -0.25) is 19.2 Å². The normalized spacial score (nSPS) is 20.9. The third-order valence-electron chi connectivity index (χ3n) is 6.45. The summed E-state index contributed by atoms with van der Waals surface area (Å²) >= 11 is 5.96. The second-order valence-corrected chi connectivity index (χ2v) is 8.85. The molecule has 1 heterocycles. The number of ether oxygens (including phenoxy) is 1. The van der Waals surface area contributed by atoms with Crippen molar-refractivity contribution in [3.05, 3.63) is 64.7 Å². The number of amides is 3. The van der Waals surface area contributed by atoms with Gasteiger partial charge in [0.15, 0.2) is 5.78 Å². The number of fused-ring (bicyclic) bond motifs is 1. The molecule has 0 spiro atoms. The van der Waals surface area contributed by atoms with Crippen molar-refractivity contribution in [2.45, 2.75) is 38.6 Å². The molecule has 33 heavy (non-hydrogen) atoms. The van der Waals surface area contributed by atoms with E-state index in [0.29, 0.717) is 29.2 Å². The Balaban J connectivity index is 1.72. The highest BCUT2D eigenvalue weighted by Crippen LogP contribution is 2.39. The molecule has 2 fully saturated rings. The van der Waals surface area contributed by atoms with Crippen LogP contribution in [-0.4, -0.2) is 46.7 Å². The molecule has 7 nitrogen and oxygen atoms in total. The van der Waals surface area contributed by atoms with Gasteiger partial charge < -0.3 is 4.74 Å². The number of carbonyl (C=O) groups excluding carboxylic acids is 4. The monoisotopic (exact) mass is 468 g/mol. The lowest BCUT2D eigenvalue weighted by atomic mass is 9.81. The number of hydrogen-bond donors (Lipinski definition) is 0. The first-order valence-corrected chi connectivity index (χ1v) is 11.4. The Morgan fingerprint density at radius 3 is 1.97 bits per heavy atom. The molecule has 1 saturated heterocycles. The van der Waals surface area contributed by atoms with E-state index in [1.807, 2.05) is 0 Å². The van der Waals surface area contributed by atoms with Gasteiger partial charge in [0, 0.05) is 16.1 Å². The molecular weight excluding hydrogens is 444 g/mol. The van der Waals surface area contributed by atoms with Gasteiger partial charge in [-0.25, -0.2) is 5.01 Å². The summed E-state index contributed by atoms with van der Waals surface area (Å²) in [5.41, 5.74) is 0.568. The van der Waals surface area contributed by atoms with Crippen molar-refractivity contribution in [3.63, 3.8) is 0 Å². The molecule has 1 aliphatic heterocycles. The zero-order valence-electron chi connectivity index (χ0n) is 18.5. The van der Waals surface area contributed by atoms with Gasteiger partial charge in [0.25, 0.3) is 17.7 Å². The Kier molecular flexibility index (Phi) is 6.51. The number of nitrogens with zero attached hydrogens (tertiary/aromatic N) is 2. The molecule has 1 aliphatic carbocycles. The Labute approximate surface area is 197 Å². The summed E-state index contributed by atoms with van der Waals surface area (Å²) in [6.07, 6.45) is 2.93. The van der Waals surface area contributed by atoms with Gasteiger partial charge in [-0.15, -0.1) is 0 Å². The Hall–Kier alpha value is -3.19. The largest absolute Gasteiger partial charge is 0.497 e. The van der Waals surface area contributed by atoms with Crippen molar-refractivity contribution in [1.82, 2.24) is 10.0 Å². The van der Waals surface area contributed by atoms with Crippen molar-refractivity contribution in [2.24, 2.45) is 11.8 Å². The molecule has 4 rings (SSSR count). The molecule has 3 atom stereocenters. The molecule has 3 amide bonds. The van der Waals surface area contributed by atoms with Crippen LogP contribution in [0.4, 0.5) is 0 Å². The lowest BCUT2D eigenvalue weighted by Gasteiger charge is -2.34. The number of rotatable bonds is 6. The first kappa shape index (κ1) is 23.0. The van der Waals surface area contributed by atoms with Crippen LogP contribution in [0.2, 0.25) is 5.02 Å². The number of hydrogen-bond acceptors (Lipinski definition) is 5. The zero-order chi connectivity index (χ0) is 23.7. The van der Waals surface area contributed by atoms with Crippen molar-refractivity contribution in [2.75, 3.05) is 7.11 Å². The highest BCUT2D eigenvalue weighted by molar-refractivity contribution is 6.30. The fourth-order valence-electron chi connectivity index (χ4n) is 4.63. The predicted octanol–water partition coefficient (Wildman–Crippen LogP) is 4.15. The molecule has 0 unspecified atom stereocenters. The van der Waals surface area contributed by atoms with Crippen LogP contribution >= 0.6 is 11.6 Å². The maximum Gasteiger partial charge on any atom is 0.273 e. The first-order valence-electron chi connectivity index (χ1n) is 11.0. The number of benzene rings is 2. The summed E-state index contributed by atoms with van der Waals surface area (Å²) in [6, 6.07) is 11.5. The first-order chi connectivity index (χ1) is 15.8. The molecule has 0 radical (unpaired) electrons. The Bertz CT molecular complexity index is 1060. The van der Waals surface area contributed by atoms with Crippen LogP contribution < -0.4 is 4.74 Å². The van der Waals surface area contributed by atoms with Gasteiger partial charge in [-0.1, -0.05) is 24.4 Å². The average molecular weight is 469 g/mol. The van der Waals surface area contributed by atoms with Crippen LogP contribution in [0.5, 0.6) is 5.75 Å². The smallest absolute Gasteiger partial charge is 0.273 e. The summed E-state index contributed by atoms with van der Waals surface area (Å²) in [6.45, 7) is 1.53. The fraction of sp³-hybridized carbons (Fsp3) is 0.360. The van der Waals surface area contributed by atoms with Crippen LogP contribution in [0.1, 0.15) is 53.3 Å². The SMILES string of the molecule is COc1ccc(C(=O)[C@@H](C)N(C(=O)c2ccc(Cl)cc2)N2C(=O)[C@H]3CCCC[C@H]3C2=O)cc1. The van der Waals surface area contributed by atoms with Crippen LogP contribution in [0, 0.1) is 11.8 Å². The molecule has 0 N–H and O–H groups in total. The fourth-order valence-corrected chi connectivity index (χ4v) is 4.76. The van der Waals surface area contributed by atoms with Gasteiger partial charge in [-0.05, 0) is 68.3 Å². The maximum absolute atomic E-state index is 13.6. The van der Waals surface area contributed by atoms with Crippen molar-refractivity contribution >= 4 is 35.1 Å². The van der Waals surface area contributed by atoms with E-state index < -0.39 is 41.4 Å². The lowest BCUT2D eigenvalue weighted by Crippen LogP contribution is -2.56. The van der Waals surface area contributed by atoms with E-state index in [1.54, 1.807) is 36.4 Å². The molecule has 2 aromatic rings. The molecule has 1 saturated carbocycles. The molecular formula is C25H25ClN2O5. The van der Waals surface area contributed by atoms with Gasteiger partial charge in [0.1, 0.15) is 11.8 Å². The highest BCUT2D eigenvalue weighted by atomic mass is 35.5. The number of imide groups is 1. The van der Waals surface area contributed by atoms with Crippen molar-refractivity contribution in [1.29, 1.82) is 0 Å². The molecule has 8 heteroatoms. The van der Waals surface area contributed by atoms with Gasteiger partial charge >= 0.3 is 0 Å². The summed E-state index contributed by atoms with van der Waals surface area (Å²) in [5, 5.41) is 2.39. The van der Waals surface area contributed by atoms with Crippen LogP contribution in [0.15, 0.2) is 48.5 Å². The number of hydrazine groups is 1. The van der Waals surface area contributed by atoms with Crippen molar-refractivity contribution < 1.29 is 23.9 Å². The molecule has 172 valence electrons. The Morgan fingerprint density at radius 2 is 1.45 bits per heavy atom. The van der Waals surface area contributed by atoms with Gasteiger partial charge in [-0.2, -0.15) is 5.01 Å². The van der Waals surface area contributed by atoms with Crippen LogP contribution in [0.25, 0.3) is 0 Å². The summed E-state index contributed by atoms with van der Waals surface area (Å²) in [7, 11) is 1.52. The molecule has 0 bridgehead atoms. The van der Waals surface area contributed by atoms with Gasteiger partial charge in [0.2, 0.25) is 0 Å². The minimum atomic E-state index is -1.09. The topological polar surface area (TPSA) is 84.0 Å². The highest BCUT2D eigenvalue weighted by Gasteiger charge is 2.53. The zero-order valence-corrected chi connectivity index (χ0v) is 19.2. The quantitative estimate of drug-likeness (QED) is 0.469. The number of halogens is 1. The van der Waals surface area contributed by atoms with E-state index in [1.165, 1.54) is 26.2 Å². The van der Waals surface area contributed by atoms with Gasteiger partial charge in [0.05, 0.1) is 18.9 Å². The summed E-state index contributed by atoms with van der Waals surface area (Å²) < 4.78 is 5.14. The van der Waals surface area contributed by atoms with E-state index in [9.17, 15) is 19.2 Å². The second-order valence-electron chi connectivity index (χ2n) is 8.41. The molecule has 2 aromatic carbocycles. The van der Waals surface area contributed by atoms with E-state index in [2.05, 4.69) is 0 Å². The van der Waals surface area contributed by atoms with E-state index in [4.69, 9.17) is 16.3 Å². The van der Waals surface area contributed by atoms with E-state index in [0.717, 1.165) is 22.9 Å². The lowest BCUT2D eigenvalue weighted by molar-refractivity contribution is -0.156. The maximum atomic E-state index is 13.6. The average Bonchev–Trinajstić information content (AvgIpc) is 3.09. The minimum absolute atomic E-state index is 0.226. The van der Waals surface area contributed by atoms with Crippen LogP contribution in [-0.2, 0) is 9.59 Å². The number of methoxy groups -OCH3 is 1. The van der Waals surface area contributed by atoms with E-state index >= 15 is 0 Å². The third kappa shape index (κ3) is 4.25. The summed E-state index contributed by atoms with van der Waals surface area (Å²) in [5.74, 6) is -2.15. The number of ketones is 1. The standard InChI is InChI=1S/C25H25ClN2O5/c1-15(22(29)16-9-13-19(33-2)14-10-16)27(23(30)17-7-11-18(26)12-8-17)28-24(31)20-5-3-4-6-21(20)25(28)32/h7-15,20-21H,3-6H2,1-2H3/t15-,20-,21+/m1/s1. The van der Waals surface area contributed by atoms with Crippen molar-refractivity contribution in [3.8, 4) is 5.75 Å². The predicted molar refractivity (Wildman–Crippen MR) is 122 cm³/mol. The molecule has 0 aromatic heterocycles. The van der Waals surface area contributed by atoms with E-state index in [-0.39, 0.29) is 5.56 Å². The Morgan fingerprint density at radius 1 is 0.939 bits per heavy atom. The number of carbonyl (C=O) groups is 4. The minimum Gasteiger partial charge on any atom is -0.497 e.